The number of hydrogen-bond acceptors (Lipinski definition) is 2. The van der Waals surface area contributed by atoms with Crippen LogP contribution in [0.2, 0.25) is 0 Å². The summed E-state index contributed by atoms with van der Waals surface area (Å²) in [5, 5.41) is 0. The van der Waals surface area contributed by atoms with Crippen LogP contribution in [-0.2, 0) is 6.18 Å². The van der Waals surface area contributed by atoms with Crippen molar-refractivity contribution in [2.75, 3.05) is 5.43 Å². The first-order valence-electron chi connectivity index (χ1n) is 5.33. The summed E-state index contributed by atoms with van der Waals surface area (Å²) in [5.74, 6) is 0.685. The Hall–Kier alpha value is -1.98. The zero-order valence-electron chi connectivity index (χ0n) is 9.92. The number of aromatic nitrogens is 2. The predicted molar refractivity (Wildman–Crippen MR) is 62.2 cm³/mol. The highest BCUT2D eigenvalue weighted by Gasteiger charge is 2.30. The fraction of sp³-hybridized carbons (Fsp3) is 0.250. The standard InChI is InChI=1S/C12H12F3N3/c1-8-7-16-9(2)18(8)17-11-5-3-4-10(6-11)12(13,14)15/h3-7,17H,1-2H3. The number of alkyl halides is 3. The Bertz CT molecular complexity index is 538. The van der Waals surface area contributed by atoms with E-state index in [0.717, 1.165) is 17.8 Å². The lowest BCUT2D eigenvalue weighted by atomic mass is 10.2. The third kappa shape index (κ3) is 2.47. The van der Waals surface area contributed by atoms with Crippen molar-refractivity contribution in [2.24, 2.45) is 0 Å². The summed E-state index contributed by atoms with van der Waals surface area (Å²) < 4.78 is 39.3. The molecule has 0 atom stereocenters. The molecule has 0 bridgehead atoms. The second-order valence-electron chi connectivity index (χ2n) is 3.97. The SMILES string of the molecule is Cc1cnc(C)n1Nc1cccc(C(F)(F)F)c1. The number of nitrogens with one attached hydrogen (secondary N) is 1. The summed E-state index contributed by atoms with van der Waals surface area (Å²) in [6, 6.07) is 5.05. The maximum Gasteiger partial charge on any atom is 0.416 e. The van der Waals surface area contributed by atoms with Gasteiger partial charge in [0.05, 0.1) is 23.1 Å². The van der Waals surface area contributed by atoms with Crippen LogP contribution in [0.3, 0.4) is 0 Å². The minimum atomic E-state index is -4.34. The lowest BCUT2D eigenvalue weighted by Gasteiger charge is -2.13. The zero-order valence-corrected chi connectivity index (χ0v) is 9.92. The van der Waals surface area contributed by atoms with Crippen molar-refractivity contribution in [1.82, 2.24) is 9.66 Å². The van der Waals surface area contributed by atoms with E-state index in [4.69, 9.17) is 0 Å². The number of benzene rings is 1. The van der Waals surface area contributed by atoms with E-state index in [1.54, 1.807) is 23.9 Å². The smallest absolute Gasteiger partial charge is 0.293 e. The maximum atomic E-state index is 12.6. The normalized spacial score (nSPS) is 11.6. The molecule has 0 fully saturated rings. The summed E-state index contributed by atoms with van der Waals surface area (Å²) >= 11 is 0. The summed E-state index contributed by atoms with van der Waals surface area (Å²) in [4.78, 5) is 4.06. The van der Waals surface area contributed by atoms with Crippen LogP contribution in [0.4, 0.5) is 18.9 Å². The second-order valence-corrected chi connectivity index (χ2v) is 3.97. The van der Waals surface area contributed by atoms with E-state index < -0.39 is 11.7 Å². The minimum Gasteiger partial charge on any atom is -0.293 e. The fourth-order valence-electron chi connectivity index (χ4n) is 1.62. The van der Waals surface area contributed by atoms with Gasteiger partial charge in [-0.3, -0.25) is 5.43 Å². The van der Waals surface area contributed by atoms with Gasteiger partial charge in [-0.2, -0.15) is 13.2 Å². The molecule has 0 aliphatic carbocycles. The first-order valence-corrected chi connectivity index (χ1v) is 5.33. The third-order valence-electron chi connectivity index (χ3n) is 2.55. The number of anilines is 1. The van der Waals surface area contributed by atoms with Crippen LogP contribution in [0.1, 0.15) is 17.1 Å². The molecule has 1 aromatic carbocycles. The molecular weight excluding hydrogens is 243 g/mol. The molecule has 1 N–H and O–H groups in total. The van der Waals surface area contributed by atoms with Gasteiger partial charge in [0.15, 0.2) is 0 Å². The molecule has 6 heteroatoms. The van der Waals surface area contributed by atoms with E-state index in [-0.39, 0.29) is 0 Å². The van der Waals surface area contributed by atoms with Crippen molar-refractivity contribution in [3.63, 3.8) is 0 Å². The van der Waals surface area contributed by atoms with Crippen LogP contribution in [-0.4, -0.2) is 9.66 Å². The van der Waals surface area contributed by atoms with Crippen LogP contribution in [0.5, 0.6) is 0 Å². The summed E-state index contributed by atoms with van der Waals surface area (Å²) in [7, 11) is 0. The number of aryl methyl sites for hydroxylation is 2. The largest absolute Gasteiger partial charge is 0.416 e. The van der Waals surface area contributed by atoms with Gasteiger partial charge in [-0.1, -0.05) is 6.07 Å². The molecule has 2 rings (SSSR count). The quantitative estimate of drug-likeness (QED) is 0.891. The van der Waals surface area contributed by atoms with E-state index in [0.29, 0.717) is 11.5 Å². The molecule has 0 amide bonds. The minimum absolute atomic E-state index is 0.369. The zero-order chi connectivity index (χ0) is 13.3. The Morgan fingerprint density at radius 2 is 1.94 bits per heavy atom. The molecule has 1 heterocycles. The van der Waals surface area contributed by atoms with Crippen molar-refractivity contribution in [3.05, 3.63) is 47.5 Å². The van der Waals surface area contributed by atoms with Crippen molar-refractivity contribution in [3.8, 4) is 0 Å². The molecule has 0 spiro atoms. The fourth-order valence-corrected chi connectivity index (χ4v) is 1.62. The van der Waals surface area contributed by atoms with Gasteiger partial charge in [-0.15, -0.1) is 0 Å². The van der Waals surface area contributed by atoms with Gasteiger partial charge in [0.1, 0.15) is 5.82 Å². The summed E-state index contributed by atoms with van der Waals surface area (Å²) in [5.41, 5.74) is 3.40. The number of rotatable bonds is 2. The van der Waals surface area contributed by atoms with Crippen LogP contribution in [0, 0.1) is 13.8 Å². The Kier molecular flexibility index (Phi) is 3.02. The average molecular weight is 255 g/mol. The highest BCUT2D eigenvalue weighted by Crippen LogP contribution is 2.30. The molecule has 1 aromatic heterocycles. The van der Waals surface area contributed by atoms with Crippen LogP contribution in [0.25, 0.3) is 0 Å². The van der Waals surface area contributed by atoms with E-state index in [2.05, 4.69) is 10.4 Å². The Morgan fingerprint density at radius 3 is 2.50 bits per heavy atom. The first kappa shape index (κ1) is 12.5. The molecule has 0 aliphatic rings. The van der Waals surface area contributed by atoms with Crippen molar-refractivity contribution < 1.29 is 13.2 Å². The van der Waals surface area contributed by atoms with Gasteiger partial charge < -0.3 is 0 Å². The van der Waals surface area contributed by atoms with Gasteiger partial charge in [0.25, 0.3) is 0 Å². The highest BCUT2D eigenvalue weighted by molar-refractivity contribution is 5.46. The number of hydrogen-bond donors (Lipinski definition) is 1. The van der Waals surface area contributed by atoms with Crippen LogP contribution >= 0.6 is 0 Å². The van der Waals surface area contributed by atoms with Crippen molar-refractivity contribution in [2.45, 2.75) is 20.0 Å². The van der Waals surface area contributed by atoms with E-state index in [9.17, 15) is 13.2 Å². The molecule has 96 valence electrons. The lowest BCUT2D eigenvalue weighted by Crippen LogP contribution is -2.13. The van der Waals surface area contributed by atoms with Gasteiger partial charge in [-0.05, 0) is 32.0 Å². The summed E-state index contributed by atoms with van der Waals surface area (Å²) in [6.07, 6.45) is -2.69. The lowest BCUT2D eigenvalue weighted by molar-refractivity contribution is -0.137. The molecule has 0 aliphatic heterocycles. The Morgan fingerprint density at radius 1 is 1.22 bits per heavy atom. The Labute approximate surface area is 102 Å². The number of nitrogens with zero attached hydrogens (tertiary/aromatic N) is 2. The molecule has 2 aromatic rings. The third-order valence-corrected chi connectivity index (χ3v) is 2.55. The second kappa shape index (κ2) is 4.36. The van der Waals surface area contributed by atoms with Gasteiger partial charge >= 0.3 is 6.18 Å². The predicted octanol–water partition coefficient (Wildman–Crippen LogP) is 3.39. The first-order chi connectivity index (χ1) is 8.38. The van der Waals surface area contributed by atoms with Gasteiger partial charge in [0, 0.05) is 0 Å². The van der Waals surface area contributed by atoms with E-state index >= 15 is 0 Å². The molecular formula is C12H12F3N3. The summed E-state index contributed by atoms with van der Waals surface area (Å²) in [6.45, 7) is 3.59. The van der Waals surface area contributed by atoms with Gasteiger partial charge in [-0.25, -0.2) is 9.66 Å². The molecule has 0 saturated carbocycles. The molecule has 0 saturated heterocycles. The van der Waals surface area contributed by atoms with E-state index in [1.165, 1.54) is 6.07 Å². The number of imidazole rings is 1. The molecule has 0 unspecified atom stereocenters. The van der Waals surface area contributed by atoms with Crippen LogP contribution in [0.15, 0.2) is 30.5 Å². The Balaban J connectivity index is 2.31. The number of halogens is 3. The molecule has 18 heavy (non-hydrogen) atoms. The maximum absolute atomic E-state index is 12.6. The van der Waals surface area contributed by atoms with Crippen LogP contribution < -0.4 is 5.43 Å². The highest BCUT2D eigenvalue weighted by atomic mass is 19.4. The van der Waals surface area contributed by atoms with Gasteiger partial charge in [0.2, 0.25) is 0 Å². The molecule has 3 nitrogen and oxygen atoms in total. The topological polar surface area (TPSA) is 29.9 Å². The average Bonchev–Trinajstić information content (AvgIpc) is 2.60. The molecule has 0 radical (unpaired) electrons. The van der Waals surface area contributed by atoms with Crippen molar-refractivity contribution in [1.29, 1.82) is 0 Å². The van der Waals surface area contributed by atoms with E-state index in [1.807, 2.05) is 6.92 Å². The monoisotopic (exact) mass is 255 g/mol. The van der Waals surface area contributed by atoms with Crippen molar-refractivity contribution >= 4 is 5.69 Å².